The Morgan fingerprint density at radius 3 is 2.53 bits per heavy atom. The third kappa shape index (κ3) is 3.73. The minimum atomic E-state index is 0.602. The van der Waals surface area contributed by atoms with Gasteiger partial charge >= 0.3 is 0 Å². The Morgan fingerprint density at radius 1 is 0.912 bits per heavy atom. The molecule has 2 fully saturated rings. The first kappa shape index (κ1) is 21.2. The van der Waals surface area contributed by atoms with E-state index in [1.807, 2.05) is 18.3 Å². The molecule has 0 unspecified atom stereocenters. The van der Waals surface area contributed by atoms with Crippen LogP contribution in [0.3, 0.4) is 0 Å². The fourth-order valence-corrected chi connectivity index (χ4v) is 6.25. The Morgan fingerprint density at radius 2 is 1.74 bits per heavy atom. The van der Waals surface area contributed by atoms with E-state index in [4.69, 9.17) is 6.57 Å². The summed E-state index contributed by atoms with van der Waals surface area (Å²) in [6.07, 6.45) is 9.19. The number of pyridine rings is 1. The van der Waals surface area contributed by atoms with Gasteiger partial charge in [0.05, 0.1) is 12.1 Å². The zero-order valence-corrected chi connectivity index (χ0v) is 19.8. The summed E-state index contributed by atoms with van der Waals surface area (Å²) in [5, 5.41) is 2.54. The van der Waals surface area contributed by atoms with Crippen LogP contribution in [-0.2, 0) is 7.05 Å². The van der Waals surface area contributed by atoms with Crippen LogP contribution in [0.15, 0.2) is 60.9 Å². The monoisotopic (exact) mass is 449 g/mol. The highest BCUT2D eigenvalue weighted by Gasteiger charge is 2.30. The van der Waals surface area contributed by atoms with E-state index in [1.54, 1.807) is 0 Å². The van der Waals surface area contributed by atoms with Crippen LogP contribution in [0.25, 0.3) is 26.7 Å². The van der Waals surface area contributed by atoms with Crippen molar-refractivity contribution in [2.75, 3.05) is 31.1 Å². The maximum atomic E-state index is 7.40. The smallest absolute Gasteiger partial charge is 0.187 e. The lowest BCUT2D eigenvalue weighted by Crippen LogP contribution is -2.51. The number of rotatable bonds is 3. The normalized spacial score (nSPS) is 21.7. The summed E-state index contributed by atoms with van der Waals surface area (Å²) in [5.74, 6) is 0.602. The fourth-order valence-electron chi connectivity index (χ4n) is 6.25. The predicted octanol–water partition coefficient (Wildman–Crippen LogP) is 6.13. The van der Waals surface area contributed by atoms with Crippen molar-refractivity contribution in [3.05, 3.63) is 77.9 Å². The van der Waals surface area contributed by atoms with Crippen molar-refractivity contribution in [3.8, 4) is 0 Å². The molecule has 172 valence electrons. The fraction of sp³-hybridized carbons (Fsp3) is 0.379. The Kier molecular flexibility index (Phi) is 5.47. The Bertz CT molecular complexity index is 1360. The molecule has 0 radical (unpaired) electrons. The summed E-state index contributed by atoms with van der Waals surface area (Å²) in [6, 6.07) is 17.5. The van der Waals surface area contributed by atoms with Gasteiger partial charge in [-0.3, -0.25) is 9.88 Å². The highest BCUT2D eigenvalue weighted by Crippen LogP contribution is 2.40. The van der Waals surface area contributed by atoms with Crippen LogP contribution >= 0.6 is 0 Å². The second-order valence-electron chi connectivity index (χ2n) is 9.88. The van der Waals surface area contributed by atoms with Crippen molar-refractivity contribution in [1.29, 1.82) is 0 Å². The molecule has 5 heteroatoms. The summed E-state index contributed by atoms with van der Waals surface area (Å²) < 4.78 is 2.23. The van der Waals surface area contributed by atoms with Gasteiger partial charge in [0.1, 0.15) is 0 Å². The summed E-state index contributed by atoms with van der Waals surface area (Å²) in [5.41, 5.74) is 5.83. The second kappa shape index (κ2) is 8.77. The standard InChI is InChI=1S/C29H31N5/c1-30-22-10-13-28-25(19-22)26(20-32(28)2)21-8-11-23(12-9-21)33-15-17-34(18-16-33)29-7-3-6-27-24(29)5-4-14-31-27/h3-7,10,13-14,19-21,23H,8-9,11-12,15-18H2,2H3. The highest BCUT2D eigenvalue weighted by atomic mass is 15.3. The van der Waals surface area contributed by atoms with Crippen molar-refractivity contribution in [2.45, 2.75) is 37.6 Å². The van der Waals surface area contributed by atoms with E-state index in [1.165, 1.54) is 53.2 Å². The number of hydrogen-bond acceptors (Lipinski definition) is 3. The number of piperazine rings is 1. The number of aryl methyl sites for hydroxylation is 1. The largest absolute Gasteiger partial charge is 0.368 e. The van der Waals surface area contributed by atoms with Crippen LogP contribution in [0.5, 0.6) is 0 Å². The lowest BCUT2D eigenvalue weighted by molar-refractivity contribution is 0.141. The highest BCUT2D eigenvalue weighted by molar-refractivity contribution is 5.91. The Labute approximate surface area is 201 Å². The zero-order chi connectivity index (χ0) is 23.1. The summed E-state index contributed by atoms with van der Waals surface area (Å²) in [6.45, 7) is 11.8. The number of hydrogen-bond donors (Lipinski definition) is 0. The maximum absolute atomic E-state index is 7.40. The van der Waals surface area contributed by atoms with Gasteiger partial charge < -0.3 is 9.47 Å². The topological polar surface area (TPSA) is 28.7 Å². The number of nitrogens with zero attached hydrogens (tertiary/aromatic N) is 5. The molecule has 0 atom stereocenters. The van der Waals surface area contributed by atoms with E-state index in [9.17, 15) is 0 Å². The van der Waals surface area contributed by atoms with E-state index < -0.39 is 0 Å². The molecule has 0 bridgehead atoms. The van der Waals surface area contributed by atoms with Gasteiger partial charge in [-0.15, -0.1) is 0 Å². The third-order valence-electron chi connectivity index (χ3n) is 8.06. The minimum absolute atomic E-state index is 0.602. The lowest BCUT2D eigenvalue weighted by atomic mass is 9.81. The van der Waals surface area contributed by atoms with Crippen LogP contribution in [-0.4, -0.2) is 46.7 Å². The predicted molar refractivity (Wildman–Crippen MR) is 140 cm³/mol. The van der Waals surface area contributed by atoms with Gasteiger partial charge in [-0.25, -0.2) is 4.85 Å². The minimum Gasteiger partial charge on any atom is -0.368 e. The molecular weight excluding hydrogens is 418 g/mol. The number of anilines is 1. The number of fused-ring (bicyclic) bond motifs is 2. The van der Waals surface area contributed by atoms with E-state index in [-0.39, 0.29) is 0 Å². The molecule has 4 aromatic rings. The Hall–Kier alpha value is -3.36. The SMILES string of the molecule is [C-]#[N+]c1ccc2c(c1)c(C1CCC(N3CCN(c4cccc5ncccc45)CC3)CC1)cn2C. The van der Waals surface area contributed by atoms with Gasteiger partial charge in [-0.2, -0.15) is 0 Å². The van der Waals surface area contributed by atoms with Crippen LogP contribution in [0.1, 0.15) is 37.2 Å². The van der Waals surface area contributed by atoms with Crippen molar-refractivity contribution in [1.82, 2.24) is 14.5 Å². The molecule has 0 amide bonds. The molecule has 1 saturated heterocycles. The van der Waals surface area contributed by atoms with Gasteiger partial charge in [0, 0.05) is 68.3 Å². The van der Waals surface area contributed by atoms with Gasteiger partial charge in [0.25, 0.3) is 0 Å². The van der Waals surface area contributed by atoms with Crippen LogP contribution in [0, 0.1) is 6.57 Å². The molecule has 2 aliphatic rings. The average molecular weight is 450 g/mol. The first-order chi connectivity index (χ1) is 16.7. The number of benzene rings is 2. The van der Waals surface area contributed by atoms with Crippen molar-refractivity contribution in [3.63, 3.8) is 0 Å². The second-order valence-corrected chi connectivity index (χ2v) is 9.88. The molecule has 0 spiro atoms. The van der Waals surface area contributed by atoms with Gasteiger partial charge in [-0.05, 0) is 78.9 Å². The first-order valence-electron chi connectivity index (χ1n) is 12.5. The van der Waals surface area contributed by atoms with Gasteiger partial charge in [0.2, 0.25) is 0 Å². The maximum Gasteiger partial charge on any atom is 0.187 e. The Balaban J connectivity index is 1.11. The van der Waals surface area contributed by atoms with Crippen LogP contribution in [0.2, 0.25) is 0 Å². The molecule has 1 saturated carbocycles. The summed E-state index contributed by atoms with van der Waals surface area (Å²) in [7, 11) is 2.13. The molecule has 1 aliphatic heterocycles. The average Bonchev–Trinajstić information content (AvgIpc) is 3.24. The molecule has 2 aromatic heterocycles. The molecule has 6 rings (SSSR count). The van der Waals surface area contributed by atoms with Crippen molar-refractivity contribution >= 4 is 33.2 Å². The molecule has 0 N–H and O–H groups in total. The lowest BCUT2D eigenvalue weighted by Gasteiger charge is -2.43. The van der Waals surface area contributed by atoms with Crippen molar-refractivity contribution < 1.29 is 0 Å². The zero-order valence-electron chi connectivity index (χ0n) is 19.8. The molecule has 1 aliphatic carbocycles. The van der Waals surface area contributed by atoms with E-state index in [2.05, 4.69) is 73.8 Å². The van der Waals surface area contributed by atoms with Crippen LogP contribution in [0.4, 0.5) is 11.4 Å². The van der Waals surface area contributed by atoms with E-state index >= 15 is 0 Å². The molecule has 3 heterocycles. The van der Waals surface area contributed by atoms with Crippen LogP contribution < -0.4 is 4.90 Å². The first-order valence-corrected chi connectivity index (χ1v) is 12.5. The molecule has 2 aromatic carbocycles. The molecule has 5 nitrogen and oxygen atoms in total. The van der Waals surface area contributed by atoms with Crippen molar-refractivity contribution in [2.24, 2.45) is 7.05 Å². The quantitative estimate of drug-likeness (QED) is 0.353. The molecular formula is C29H31N5. The molecule has 34 heavy (non-hydrogen) atoms. The van der Waals surface area contributed by atoms with Gasteiger partial charge in [-0.1, -0.05) is 12.1 Å². The van der Waals surface area contributed by atoms with E-state index in [0.717, 1.165) is 37.4 Å². The summed E-state index contributed by atoms with van der Waals surface area (Å²) in [4.78, 5) is 13.5. The summed E-state index contributed by atoms with van der Waals surface area (Å²) >= 11 is 0. The van der Waals surface area contributed by atoms with Gasteiger partial charge in [0.15, 0.2) is 5.69 Å². The number of aromatic nitrogens is 2. The van der Waals surface area contributed by atoms with E-state index in [0.29, 0.717) is 12.0 Å². The third-order valence-corrected chi connectivity index (χ3v) is 8.06.